The lowest BCUT2D eigenvalue weighted by Crippen LogP contribution is -2.59. The van der Waals surface area contributed by atoms with Gasteiger partial charge in [-0.2, -0.15) is 0 Å². The van der Waals surface area contributed by atoms with E-state index in [0.29, 0.717) is 21.6 Å². The number of nitrogens with one attached hydrogen (secondary N) is 3. The Hall–Kier alpha value is -4.61. The molecule has 2 aromatic rings. The van der Waals surface area contributed by atoms with Crippen LogP contribution in [-0.4, -0.2) is 89.5 Å². The standard InChI is InChI=1S/C28H31B2N5O11/c1-14(32-26(39)15-2-4-17-12-44-29(42)20(17)8-15)25(34-27(40)16-3-5-18-13-45-30(43)21(18)9-16)28(41)33-19(11-31)10-24(38)46-35-22(36)6-7-23(35)37/h2-5,8-9,14,19,25,42-43H,6-7,10-13,31H2,1H3,(H,32,39)(H,33,41)(H,34,40)/t14-,19+,25-/m0/s1. The molecule has 2 aromatic carbocycles. The zero-order valence-electron chi connectivity index (χ0n) is 24.7. The van der Waals surface area contributed by atoms with Crippen molar-refractivity contribution < 1.29 is 53.0 Å². The summed E-state index contributed by atoms with van der Waals surface area (Å²) in [6.45, 7) is 1.58. The van der Waals surface area contributed by atoms with Gasteiger partial charge < -0.3 is 45.9 Å². The molecule has 16 nitrogen and oxygen atoms in total. The smallest absolute Gasteiger partial charge is 0.423 e. The Balaban J connectivity index is 1.31. The highest BCUT2D eigenvalue weighted by molar-refractivity contribution is 6.62. The van der Waals surface area contributed by atoms with Crippen molar-refractivity contribution in [3.63, 3.8) is 0 Å². The third-order valence-electron chi connectivity index (χ3n) is 7.81. The molecule has 240 valence electrons. The fourth-order valence-electron chi connectivity index (χ4n) is 5.21. The van der Waals surface area contributed by atoms with Gasteiger partial charge in [-0.1, -0.05) is 12.1 Å². The molecule has 5 rings (SSSR count). The van der Waals surface area contributed by atoms with E-state index in [9.17, 15) is 38.8 Å². The number of hydrogen-bond acceptors (Lipinski definition) is 12. The maximum Gasteiger partial charge on any atom is 0.491 e. The molecule has 0 unspecified atom stereocenters. The summed E-state index contributed by atoms with van der Waals surface area (Å²) in [4.78, 5) is 81.1. The second-order valence-corrected chi connectivity index (χ2v) is 11.1. The highest BCUT2D eigenvalue weighted by Gasteiger charge is 2.36. The lowest BCUT2D eigenvalue weighted by Gasteiger charge is -2.27. The van der Waals surface area contributed by atoms with Crippen LogP contribution in [0.4, 0.5) is 0 Å². The molecular formula is C28H31B2N5O11. The summed E-state index contributed by atoms with van der Waals surface area (Å²) in [5, 5.41) is 28.3. The number of rotatable bonds is 11. The van der Waals surface area contributed by atoms with Crippen LogP contribution >= 0.6 is 0 Å². The van der Waals surface area contributed by atoms with E-state index in [1.807, 2.05) is 0 Å². The quantitative estimate of drug-likeness (QED) is 0.104. The average molecular weight is 635 g/mol. The zero-order chi connectivity index (χ0) is 33.1. The largest absolute Gasteiger partial charge is 0.491 e. The molecule has 3 aliphatic rings. The molecular weight excluding hydrogens is 604 g/mol. The summed E-state index contributed by atoms with van der Waals surface area (Å²) in [5.74, 6) is -4.48. The van der Waals surface area contributed by atoms with Gasteiger partial charge in [-0.25, -0.2) is 4.79 Å². The fourth-order valence-corrected chi connectivity index (χ4v) is 5.21. The van der Waals surface area contributed by atoms with E-state index in [-0.39, 0.29) is 43.7 Å². The van der Waals surface area contributed by atoms with E-state index in [1.54, 1.807) is 12.1 Å². The fraction of sp³-hybridized carbons (Fsp3) is 0.357. The Labute approximate surface area is 263 Å². The van der Waals surface area contributed by atoms with Gasteiger partial charge in [0.2, 0.25) is 5.91 Å². The van der Waals surface area contributed by atoms with Crippen LogP contribution in [0, 0.1) is 0 Å². The van der Waals surface area contributed by atoms with Crippen LogP contribution in [0.1, 0.15) is 58.0 Å². The maximum absolute atomic E-state index is 13.6. The minimum absolute atomic E-state index is 0.0931. The number of nitrogens with two attached hydrogens (primary N) is 1. The second kappa shape index (κ2) is 13.8. The predicted molar refractivity (Wildman–Crippen MR) is 159 cm³/mol. The van der Waals surface area contributed by atoms with E-state index in [4.69, 9.17) is 19.9 Å². The number of carbonyl (C=O) groups is 6. The number of hydrogen-bond donors (Lipinski definition) is 6. The van der Waals surface area contributed by atoms with Gasteiger partial charge in [0.1, 0.15) is 6.04 Å². The second-order valence-electron chi connectivity index (χ2n) is 11.1. The molecule has 1 saturated heterocycles. The van der Waals surface area contributed by atoms with Gasteiger partial charge in [0.15, 0.2) is 0 Å². The van der Waals surface area contributed by atoms with E-state index in [1.165, 1.54) is 31.2 Å². The molecule has 0 radical (unpaired) electrons. The molecule has 0 bridgehead atoms. The van der Waals surface area contributed by atoms with Crippen LogP contribution < -0.4 is 32.6 Å². The Morgan fingerprint density at radius 3 is 1.93 bits per heavy atom. The first kappa shape index (κ1) is 32.8. The molecule has 3 heterocycles. The van der Waals surface area contributed by atoms with Crippen molar-refractivity contribution >= 4 is 60.7 Å². The number of nitrogens with zero attached hydrogens (tertiary/aromatic N) is 1. The molecule has 0 spiro atoms. The molecule has 3 aliphatic heterocycles. The predicted octanol–water partition coefficient (Wildman–Crippen LogP) is -3.52. The highest BCUT2D eigenvalue weighted by Crippen LogP contribution is 2.15. The first-order valence-electron chi connectivity index (χ1n) is 14.5. The van der Waals surface area contributed by atoms with Crippen molar-refractivity contribution in [1.29, 1.82) is 0 Å². The highest BCUT2D eigenvalue weighted by atomic mass is 16.7. The lowest BCUT2D eigenvalue weighted by molar-refractivity contribution is -0.197. The summed E-state index contributed by atoms with van der Waals surface area (Å²) in [5.41, 5.74) is 8.30. The van der Waals surface area contributed by atoms with Crippen LogP contribution in [0.5, 0.6) is 0 Å². The Kier molecular flexibility index (Phi) is 9.83. The summed E-state index contributed by atoms with van der Waals surface area (Å²) in [6, 6.07) is 5.66. The van der Waals surface area contributed by atoms with E-state index in [2.05, 4.69) is 16.0 Å². The van der Waals surface area contributed by atoms with Crippen molar-refractivity contribution in [2.75, 3.05) is 6.54 Å². The zero-order valence-corrected chi connectivity index (χ0v) is 24.7. The van der Waals surface area contributed by atoms with Gasteiger partial charge in [-0.3, -0.25) is 24.0 Å². The molecule has 18 heteroatoms. The number of benzene rings is 2. The number of carbonyl (C=O) groups excluding carboxylic acids is 6. The first-order valence-corrected chi connectivity index (χ1v) is 14.5. The number of hydroxylamine groups is 2. The monoisotopic (exact) mass is 635 g/mol. The van der Waals surface area contributed by atoms with Crippen LogP contribution in [0.2, 0.25) is 0 Å². The molecule has 46 heavy (non-hydrogen) atoms. The first-order chi connectivity index (χ1) is 21.9. The van der Waals surface area contributed by atoms with Gasteiger partial charge in [-0.15, -0.1) is 5.06 Å². The third-order valence-corrected chi connectivity index (χ3v) is 7.81. The average Bonchev–Trinajstić information content (AvgIpc) is 3.70. The molecule has 5 amide bonds. The maximum atomic E-state index is 13.6. The van der Waals surface area contributed by atoms with Gasteiger partial charge in [0.05, 0.1) is 31.7 Å². The van der Waals surface area contributed by atoms with Crippen molar-refractivity contribution in [3.8, 4) is 0 Å². The molecule has 7 N–H and O–H groups in total. The molecule has 0 aliphatic carbocycles. The van der Waals surface area contributed by atoms with Crippen LogP contribution in [-0.2, 0) is 46.5 Å². The van der Waals surface area contributed by atoms with Gasteiger partial charge in [0.25, 0.3) is 23.6 Å². The number of fused-ring (bicyclic) bond motifs is 2. The topological polar surface area (TPSA) is 236 Å². The Bertz CT molecular complexity index is 1570. The molecule has 1 fully saturated rings. The van der Waals surface area contributed by atoms with Crippen molar-refractivity contribution in [2.24, 2.45) is 5.73 Å². The van der Waals surface area contributed by atoms with E-state index in [0.717, 1.165) is 5.56 Å². The molecule has 0 saturated carbocycles. The lowest BCUT2D eigenvalue weighted by atomic mass is 9.78. The summed E-state index contributed by atoms with van der Waals surface area (Å²) in [7, 11) is -2.40. The van der Waals surface area contributed by atoms with Gasteiger partial charge in [-0.05, 0) is 53.2 Å². The normalized spacial score (nSPS) is 17.3. The Morgan fingerprint density at radius 1 is 0.891 bits per heavy atom. The van der Waals surface area contributed by atoms with Crippen molar-refractivity contribution in [2.45, 2.75) is 57.5 Å². The molecule has 0 aromatic heterocycles. The molecule has 3 atom stereocenters. The SMILES string of the molecule is C[C@H](NC(=O)c1ccc2c(c1)B(O)OC2)[C@H](NC(=O)c1ccc2c(c1)B(O)OC2)C(=O)N[C@@H](CN)CC(=O)ON1C(=O)CCC1=O. The van der Waals surface area contributed by atoms with Crippen molar-refractivity contribution in [1.82, 2.24) is 21.0 Å². The minimum Gasteiger partial charge on any atom is -0.423 e. The van der Waals surface area contributed by atoms with Crippen LogP contribution in [0.25, 0.3) is 0 Å². The number of imide groups is 1. The Morgan fingerprint density at radius 2 is 1.41 bits per heavy atom. The van der Waals surface area contributed by atoms with E-state index < -0.39 is 74.3 Å². The van der Waals surface area contributed by atoms with Crippen LogP contribution in [0.3, 0.4) is 0 Å². The summed E-state index contributed by atoms with van der Waals surface area (Å²) >= 11 is 0. The minimum atomic E-state index is -1.42. The summed E-state index contributed by atoms with van der Waals surface area (Å²) in [6.07, 6.45) is -0.697. The van der Waals surface area contributed by atoms with Crippen molar-refractivity contribution in [3.05, 3.63) is 58.7 Å². The van der Waals surface area contributed by atoms with Gasteiger partial charge in [0, 0.05) is 30.5 Å². The third kappa shape index (κ3) is 7.11. The van der Waals surface area contributed by atoms with Crippen LogP contribution in [0.15, 0.2) is 36.4 Å². The number of amides is 5. The summed E-state index contributed by atoms with van der Waals surface area (Å²) < 4.78 is 10.3. The van der Waals surface area contributed by atoms with Gasteiger partial charge >= 0.3 is 20.2 Å². The van der Waals surface area contributed by atoms with E-state index >= 15 is 0 Å².